The number of hydrogen-bond donors (Lipinski definition) is 2. The van der Waals surface area contributed by atoms with Crippen molar-refractivity contribution in [1.29, 1.82) is 0 Å². The molecule has 10 nitrogen and oxygen atoms in total. The summed E-state index contributed by atoms with van der Waals surface area (Å²) < 4.78 is 49.8. The Labute approximate surface area is 226 Å². The fourth-order valence-corrected chi connectivity index (χ4v) is 3.33. The minimum absolute atomic E-state index is 0.0205. The van der Waals surface area contributed by atoms with Crippen LogP contribution in [-0.2, 0) is 22.4 Å². The van der Waals surface area contributed by atoms with Crippen LogP contribution in [0.1, 0.15) is 36.5 Å². The van der Waals surface area contributed by atoms with Crippen molar-refractivity contribution in [2.45, 2.75) is 32.5 Å². The monoisotopic (exact) mass is 558 g/mol. The molecule has 2 N–H and O–H groups in total. The lowest BCUT2D eigenvalue weighted by atomic mass is 10.2. The van der Waals surface area contributed by atoms with Crippen molar-refractivity contribution in [2.24, 2.45) is 5.10 Å². The topological polar surface area (TPSA) is 132 Å². The molecule has 0 radical (unpaired) electrons. The average molecular weight is 559 g/mol. The van der Waals surface area contributed by atoms with Gasteiger partial charge in [0, 0.05) is 30.7 Å². The number of anilines is 1. The Balaban J connectivity index is 1.49. The number of amides is 2. The van der Waals surface area contributed by atoms with E-state index in [1.807, 2.05) is 0 Å². The summed E-state index contributed by atoms with van der Waals surface area (Å²) in [4.78, 5) is 34.4. The van der Waals surface area contributed by atoms with Gasteiger partial charge in [0.2, 0.25) is 11.8 Å². The van der Waals surface area contributed by atoms with Crippen LogP contribution in [0.2, 0.25) is 0 Å². The zero-order valence-corrected chi connectivity index (χ0v) is 21.2. The van der Waals surface area contributed by atoms with E-state index < -0.39 is 28.5 Å². The molecular formula is C27H25F3N4O6. The highest BCUT2D eigenvalue weighted by atomic mass is 19.4. The number of ether oxygens (including phenoxy) is 2. The maximum atomic E-state index is 12.8. The first kappa shape index (κ1) is 29.6. The van der Waals surface area contributed by atoms with Crippen LogP contribution in [0, 0.1) is 10.1 Å². The van der Waals surface area contributed by atoms with Crippen LogP contribution in [0.4, 0.5) is 24.5 Å². The standard InChI is InChI=1S/C27H25F3N4O6/c1-2-39-24-14-19(8-11-23(24)40-17-18-6-9-22(10-7-18)34(37)38)16-31-33-26(36)13-12-25(35)32-21-5-3-4-20(15-21)27(28,29)30/h3-11,14-16H,2,12-13,17H2,1H3,(H,32,35)(H,33,36). The highest BCUT2D eigenvalue weighted by Gasteiger charge is 2.30. The van der Waals surface area contributed by atoms with Crippen molar-refractivity contribution >= 4 is 29.4 Å². The van der Waals surface area contributed by atoms with Crippen molar-refractivity contribution in [2.75, 3.05) is 11.9 Å². The van der Waals surface area contributed by atoms with E-state index in [1.54, 1.807) is 37.3 Å². The van der Waals surface area contributed by atoms with E-state index in [9.17, 15) is 32.9 Å². The van der Waals surface area contributed by atoms with E-state index in [0.29, 0.717) is 23.7 Å². The van der Waals surface area contributed by atoms with Crippen LogP contribution in [-0.4, -0.2) is 29.6 Å². The molecule has 3 aromatic rings. The summed E-state index contributed by atoms with van der Waals surface area (Å²) in [6.07, 6.45) is -3.66. The summed E-state index contributed by atoms with van der Waals surface area (Å²) in [5.41, 5.74) is 2.65. The first-order chi connectivity index (χ1) is 19.0. The number of hydrogen-bond acceptors (Lipinski definition) is 7. The van der Waals surface area contributed by atoms with E-state index in [0.717, 1.165) is 17.7 Å². The van der Waals surface area contributed by atoms with Crippen LogP contribution in [0.15, 0.2) is 71.8 Å². The Kier molecular flexibility index (Phi) is 10.2. The van der Waals surface area contributed by atoms with Gasteiger partial charge in [0.05, 0.1) is 23.3 Å². The molecule has 0 saturated carbocycles. The molecule has 0 spiro atoms. The molecular weight excluding hydrogens is 533 g/mol. The van der Waals surface area contributed by atoms with E-state index >= 15 is 0 Å². The SMILES string of the molecule is CCOc1cc(C=NNC(=O)CCC(=O)Nc2cccc(C(F)(F)F)c2)ccc1OCc1ccc([N+](=O)[O-])cc1. The number of benzene rings is 3. The third kappa shape index (κ3) is 9.11. The molecule has 210 valence electrons. The first-order valence-corrected chi connectivity index (χ1v) is 12.0. The molecule has 0 bridgehead atoms. The van der Waals surface area contributed by atoms with Crippen molar-refractivity contribution in [3.8, 4) is 11.5 Å². The van der Waals surface area contributed by atoms with Crippen LogP contribution < -0.4 is 20.2 Å². The lowest BCUT2D eigenvalue weighted by Crippen LogP contribution is -2.20. The highest BCUT2D eigenvalue weighted by molar-refractivity contribution is 5.93. The zero-order valence-electron chi connectivity index (χ0n) is 21.2. The van der Waals surface area contributed by atoms with Gasteiger partial charge in [-0.25, -0.2) is 5.43 Å². The third-order valence-electron chi connectivity index (χ3n) is 5.26. The highest BCUT2D eigenvalue weighted by Crippen LogP contribution is 2.31. The second-order valence-corrected chi connectivity index (χ2v) is 8.27. The molecule has 0 unspecified atom stereocenters. The zero-order chi connectivity index (χ0) is 29.1. The molecule has 0 aliphatic heterocycles. The molecule has 3 aromatic carbocycles. The Morgan fingerprint density at radius 1 is 0.975 bits per heavy atom. The summed E-state index contributed by atoms with van der Waals surface area (Å²) in [7, 11) is 0. The smallest absolute Gasteiger partial charge is 0.416 e. The van der Waals surface area contributed by atoms with Crippen molar-refractivity contribution in [3.05, 3.63) is 93.5 Å². The van der Waals surface area contributed by atoms with Gasteiger partial charge in [0.1, 0.15) is 6.61 Å². The Morgan fingerprint density at radius 2 is 1.70 bits per heavy atom. The molecule has 0 aliphatic carbocycles. The summed E-state index contributed by atoms with van der Waals surface area (Å²) in [6.45, 7) is 2.31. The molecule has 13 heteroatoms. The minimum atomic E-state index is -4.54. The quantitative estimate of drug-likeness (QED) is 0.172. The second-order valence-electron chi connectivity index (χ2n) is 8.27. The number of halogens is 3. The first-order valence-electron chi connectivity index (χ1n) is 12.0. The third-order valence-corrected chi connectivity index (χ3v) is 5.26. The summed E-state index contributed by atoms with van der Waals surface area (Å²) in [5.74, 6) is -0.327. The van der Waals surface area contributed by atoms with Gasteiger partial charge < -0.3 is 14.8 Å². The van der Waals surface area contributed by atoms with Gasteiger partial charge in [0.15, 0.2) is 11.5 Å². The molecule has 0 heterocycles. The van der Waals surface area contributed by atoms with Gasteiger partial charge in [-0.3, -0.25) is 19.7 Å². The largest absolute Gasteiger partial charge is 0.490 e. The van der Waals surface area contributed by atoms with Crippen LogP contribution in [0.3, 0.4) is 0 Å². The van der Waals surface area contributed by atoms with Gasteiger partial charge in [-0.1, -0.05) is 6.07 Å². The average Bonchev–Trinajstić information content (AvgIpc) is 2.91. The summed E-state index contributed by atoms with van der Waals surface area (Å²) >= 11 is 0. The second kappa shape index (κ2) is 13.7. The van der Waals surface area contributed by atoms with E-state index in [-0.39, 0.29) is 30.8 Å². The molecule has 0 saturated heterocycles. The van der Waals surface area contributed by atoms with Gasteiger partial charge >= 0.3 is 6.18 Å². The molecule has 0 atom stereocenters. The lowest BCUT2D eigenvalue weighted by molar-refractivity contribution is -0.384. The molecule has 2 amide bonds. The molecule has 3 rings (SSSR count). The number of carbonyl (C=O) groups excluding carboxylic acids is 2. The van der Waals surface area contributed by atoms with Crippen LogP contribution in [0.5, 0.6) is 11.5 Å². The predicted molar refractivity (Wildman–Crippen MR) is 140 cm³/mol. The number of hydrazone groups is 1. The molecule has 0 aromatic heterocycles. The van der Waals surface area contributed by atoms with Crippen molar-refractivity contribution in [3.63, 3.8) is 0 Å². The number of nitrogens with zero attached hydrogens (tertiary/aromatic N) is 2. The van der Waals surface area contributed by atoms with Gasteiger partial charge in [-0.15, -0.1) is 0 Å². The number of nitro benzene ring substituents is 1. The van der Waals surface area contributed by atoms with Crippen LogP contribution in [0.25, 0.3) is 0 Å². The maximum Gasteiger partial charge on any atom is 0.416 e. The number of rotatable bonds is 12. The normalized spacial score (nSPS) is 11.2. The number of carbonyl (C=O) groups is 2. The Bertz CT molecular complexity index is 1380. The van der Waals surface area contributed by atoms with Gasteiger partial charge in [-0.2, -0.15) is 18.3 Å². The summed E-state index contributed by atoms with van der Waals surface area (Å²) in [6, 6.07) is 15.1. The Hall–Kier alpha value is -4.94. The van der Waals surface area contributed by atoms with Crippen molar-refractivity contribution < 1.29 is 37.2 Å². The number of non-ortho nitro benzene ring substituents is 1. The molecule has 0 aliphatic rings. The van der Waals surface area contributed by atoms with E-state index in [2.05, 4.69) is 15.8 Å². The van der Waals surface area contributed by atoms with Crippen molar-refractivity contribution in [1.82, 2.24) is 5.43 Å². The van der Waals surface area contributed by atoms with Gasteiger partial charge in [0.25, 0.3) is 5.69 Å². The Morgan fingerprint density at radius 3 is 2.38 bits per heavy atom. The minimum Gasteiger partial charge on any atom is -0.490 e. The number of alkyl halides is 3. The van der Waals surface area contributed by atoms with E-state index in [1.165, 1.54) is 30.5 Å². The number of nitrogens with one attached hydrogen (secondary N) is 2. The molecule has 40 heavy (non-hydrogen) atoms. The number of nitro groups is 1. The summed E-state index contributed by atoms with van der Waals surface area (Å²) in [5, 5.41) is 17.0. The van der Waals surface area contributed by atoms with Crippen LogP contribution >= 0.6 is 0 Å². The fraction of sp³-hybridized carbons (Fsp3) is 0.222. The van der Waals surface area contributed by atoms with E-state index in [4.69, 9.17) is 9.47 Å². The van der Waals surface area contributed by atoms with Gasteiger partial charge in [-0.05, 0) is 66.6 Å². The molecule has 0 fully saturated rings. The fourth-order valence-electron chi connectivity index (χ4n) is 3.33. The lowest BCUT2D eigenvalue weighted by Gasteiger charge is -2.12. The predicted octanol–water partition coefficient (Wildman–Crippen LogP) is 5.46. The maximum absolute atomic E-state index is 12.8.